The number of benzene rings is 1. The number of carbonyl (C=O) groups is 1. The van der Waals surface area contributed by atoms with Crippen LogP contribution in [0.3, 0.4) is 0 Å². The number of nitrogens with one attached hydrogen (secondary N) is 1. The van der Waals surface area contributed by atoms with Crippen molar-refractivity contribution in [3.8, 4) is 5.75 Å². The van der Waals surface area contributed by atoms with Crippen molar-refractivity contribution in [1.29, 1.82) is 0 Å². The number of hydrogen-bond donors (Lipinski definition) is 1. The second-order valence-corrected chi connectivity index (χ2v) is 4.20. The Labute approximate surface area is 114 Å². The minimum Gasteiger partial charge on any atom is -0.497 e. The van der Waals surface area contributed by atoms with Crippen molar-refractivity contribution in [1.82, 2.24) is 0 Å². The van der Waals surface area contributed by atoms with Crippen LogP contribution in [0.25, 0.3) is 0 Å². The largest absolute Gasteiger partial charge is 0.497 e. The van der Waals surface area contributed by atoms with Gasteiger partial charge in [-0.1, -0.05) is 0 Å². The number of esters is 1. The first kappa shape index (κ1) is 16.1. The van der Waals surface area contributed by atoms with Crippen molar-refractivity contribution in [2.24, 2.45) is 0 Å². The molecular formula is C13H16F3NO3. The summed E-state index contributed by atoms with van der Waals surface area (Å²) in [7, 11) is 1.45. The Kier molecular flexibility index (Phi) is 4.86. The molecular weight excluding hydrogens is 275 g/mol. The van der Waals surface area contributed by atoms with Gasteiger partial charge in [0.15, 0.2) is 0 Å². The number of hydrogen-bond acceptors (Lipinski definition) is 4. The summed E-state index contributed by atoms with van der Waals surface area (Å²) < 4.78 is 48.8. The van der Waals surface area contributed by atoms with Crippen molar-refractivity contribution in [2.75, 3.05) is 19.0 Å². The second kappa shape index (κ2) is 6.02. The lowest BCUT2D eigenvalue weighted by molar-refractivity contribution is -0.196. The van der Waals surface area contributed by atoms with Gasteiger partial charge in [-0.2, -0.15) is 13.2 Å². The monoisotopic (exact) mass is 291 g/mol. The summed E-state index contributed by atoms with van der Waals surface area (Å²) in [6.07, 6.45) is -4.79. The molecule has 0 aliphatic heterocycles. The van der Waals surface area contributed by atoms with Gasteiger partial charge in [-0.15, -0.1) is 0 Å². The molecule has 7 heteroatoms. The van der Waals surface area contributed by atoms with Crippen molar-refractivity contribution in [3.05, 3.63) is 24.3 Å². The number of halogens is 3. The molecule has 20 heavy (non-hydrogen) atoms. The van der Waals surface area contributed by atoms with E-state index in [1.165, 1.54) is 38.3 Å². The Hall–Kier alpha value is -1.92. The molecule has 0 saturated heterocycles. The van der Waals surface area contributed by atoms with Gasteiger partial charge in [0.25, 0.3) is 0 Å². The highest BCUT2D eigenvalue weighted by Gasteiger charge is 2.58. The summed E-state index contributed by atoms with van der Waals surface area (Å²) >= 11 is 0. The van der Waals surface area contributed by atoms with Gasteiger partial charge in [-0.25, -0.2) is 4.79 Å². The van der Waals surface area contributed by atoms with Crippen LogP contribution in [0, 0.1) is 0 Å². The lowest BCUT2D eigenvalue weighted by Crippen LogP contribution is -2.56. The standard InChI is InChI=1S/C13H16F3NO3/c1-4-20-11(18)12(2,13(14,15)16)17-9-5-7-10(19-3)8-6-9/h5-8,17H,4H2,1-3H3. The minimum atomic E-state index is -4.79. The molecule has 112 valence electrons. The van der Waals surface area contributed by atoms with Gasteiger partial charge in [0, 0.05) is 5.69 Å². The molecule has 0 aliphatic carbocycles. The van der Waals surface area contributed by atoms with Crippen LogP contribution < -0.4 is 10.1 Å². The van der Waals surface area contributed by atoms with Gasteiger partial charge in [-0.05, 0) is 38.1 Å². The van der Waals surface area contributed by atoms with E-state index >= 15 is 0 Å². The van der Waals surface area contributed by atoms with Crippen molar-refractivity contribution in [3.63, 3.8) is 0 Å². The molecule has 0 aliphatic rings. The van der Waals surface area contributed by atoms with Crippen LogP contribution >= 0.6 is 0 Å². The summed E-state index contributed by atoms with van der Waals surface area (Å²) in [5.74, 6) is -0.872. The predicted octanol–water partition coefficient (Wildman–Crippen LogP) is 2.99. The quantitative estimate of drug-likeness (QED) is 0.847. The molecule has 1 atom stereocenters. The molecule has 1 unspecified atom stereocenters. The highest BCUT2D eigenvalue weighted by molar-refractivity contribution is 5.85. The SMILES string of the molecule is CCOC(=O)C(C)(Nc1ccc(OC)cc1)C(F)(F)F. The summed E-state index contributed by atoms with van der Waals surface area (Å²) in [4.78, 5) is 11.6. The zero-order valence-corrected chi connectivity index (χ0v) is 11.4. The lowest BCUT2D eigenvalue weighted by atomic mass is 10.0. The van der Waals surface area contributed by atoms with Crippen LogP contribution in [-0.2, 0) is 9.53 Å². The third-order valence-electron chi connectivity index (χ3n) is 2.73. The van der Waals surface area contributed by atoms with Gasteiger partial charge in [0.05, 0.1) is 13.7 Å². The fraction of sp³-hybridized carbons (Fsp3) is 0.462. The molecule has 0 heterocycles. The molecule has 1 N–H and O–H groups in total. The number of anilines is 1. The first-order valence-electron chi connectivity index (χ1n) is 5.90. The average molecular weight is 291 g/mol. The molecule has 0 fully saturated rings. The van der Waals surface area contributed by atoms with Gasteiger partial charge < -0.3 is 14.8 Å². The zero-order chi connectivity index (χ0) is 15.4. The van der Waals surface area contributed by atoms with Crippen molar-refractivity contribution in [2.45, 2.75) is 25.6 Å². The smallest absolute Gasteiger partial charge is 0.422 e. The highest BCUT2D eigenvalue weighted by atomic mass is 19.4. The van der Waals surface area contributed by atoms with E-state index in [9.17, 15) is 18.0 Å². The summed E-state index contributed by atoms with van der Waals surface area (Å²) in [5, 5.41) is 2.18. The molecule has 1 rings (SSSR count). The maximum Gasteiger partial charge on any atom is 0.422 e. The first-order valence-corrected chi connectivity index (χ1v) is 5.90. The molecule has 0 saturated carbocycles. The zero-order valence-electron chi connectivity index (χ0n) is 11.4. The van der Waals surface area contributed by atoms with Crippen LogP contribution in [-0.4, -0.2) is 31.4 Å². The minimum absolute atomic E-state index is 0.130. The van der Waals surface area contributed by atoms with E-state index in [-0.39, 0.29) is 12.3 Å². The topological polar surface area (TPSA) is 47.6 Å². The van der Waals surface area contributed by atoms with Crippen LogP contribution in [0.2, 0.25) is 0 Å². The number of ether oxygens (including phenoxy) is 2. The Morgan fingerprint density at radius 1 is 1.25 bits per heavy atom. The highest BCUT2D eigenvalue weighted by Crippen LogP contribution is 2.34. The Morgan fingerprint density at radius 2 is 1.80 bits per heavy atom. The third-order valence-corrected chi connectivity index (χ3v) is 2.73. The molecule has 1 aromatic rings. The number of methoxy groups -OCH3 is 1. The van der Waals surface area contributed by atoms with Crippen molar-refractivity contribution < 1.29 is 27.4 Å². The van der Waals surface area contributed by atoms with E-state index in [0.29, 0.717) is 5.75 Å². The molecule has 0 amide bonds. The summed E-state index contributed by atoms with van der Waals surface area (Å²) in [6, 6.07) is 5.76. The van der Waals surface area contributed by atoms with E-state index in [0.717, 1.165) is 6.92 Å². The van der Waals surface area contributed by atoms with E-state index < -0.39 is 17.7 Å². The van der Waals surface area contributed by atoms with Crippen LogP contribution in [0.1, 0.15) is 13.8 Å². The number of rotatable bonds is 5. The molecule has 0 aromatic heterocycles. The molecule has 4 nitrogen and oxygen atoms in total. The van der Waals surface area contributed by atoms with Crippen LogP contribution in [0.5, 0.6) is 5.75 Å². The Morgan fingerprint density at radius 3 is 2.20 bits per heavy atom. The van der Waals surface area contributed by atoms with Gasteiger partial charge in [-0.3, -0.25) is 0 Å². The van der Waals surface area contributed by atoms with Crippen LogP contribution in [0.15, 0.2) is 24.3 Å². The van der Waals surface area contributed by atoms with E-state index in [1.807, 2.05) is 0 Å². The molecule has 0 bridgehead atoms. The van der Waals surface area contributed by atoms with Gasteiger partial charge >= 0.3 is 12.1 Å². The lowest BCUT2D eigenvalue weighted by Gasteiger charge is -2.31. The summed E-state index contributed by atoms with van der Waals surface area (Å²) in [6.45, 7) is 2.06. The molecule has 0 radical (unpaired) electrons. The maximum absolute atomic E-state index is 13.1. The first-order chi connectivity index (χ1) is 9.24. The summed E-state index contributed by atoms with van der Waals surface area (Å²) in [5.41, 5.74) is -2.67. The predicted molar refractivity (Wildman–Crippen MR) is 67.7 cm³/mol. The second-order valence-electron chi connectivity index (χ2n) is 4.20. The fourth-order valence-corrected chi connectivity index (χ4v) is 1.48. The Bertz CT molecular complexity index is 459. The van der Waals surface area contributed by atoms with Crippen molar-refractivity contribution >= 4 is 11.7 Å². The molecule has 0 spiro atoms. The van der Waals surface area contributed by atoms with E-state index in [4.69, 9.17) is 4.74 Å². The van der Waals surface area contributed by atoms with E-state index in [1.54, 1.807) is 0 Å². The maximum atomic E-state index is 13.1. The van der Waals surface area contributed by atoms with E-state index in [2.05, 4.69) is 10.1 Å². The fourth-order valence-electron chi connectivity index (χ4n) is 1.48. The number of alkyl halides is 3. The number of carbonyl (C=O) groups excluding carboxylic acids is 1. The van der Waals surface area contributed by atoms with Gasteiger partial charge in [0.2, 0.25) is 5.54 Å². The van der Waals surface area contributed by atoms with Gasteiger partial charge in [0.1, 0.15) is 5.75 Å². The Balaban J connectivity index is 3.03. The molecule has 1 aromatic carbocycles. The normalized spacial score (nSPS) is 14.3. The third kappa shape index (κ3) is 3.34. The average Bonchev–Trinajstić information content (AvgIpc) is 2.38. The van der Waals surface area contributed by atoms with Crippen LogP contribution in [0.4, 0.5) is 18.9 Å².